The number of alkyl halides is 3. The minimum Gasteiger partial charge on any atom is -0.481 e. The molecule has 1 aromatic carbocycles. The van der Waals surface area contributed by atoms with Crippen molar-refractivity contribution in [1.29, 1.82) is 0 Å². The Morgan fingerprint density at radius 1 is 1.33 bits per heavy atom. The number of carboxylic acid groups (broad SMARTS) is 1. The molecule has 0 aliphatic carbocycles. The first-order chi connectivity index (χ1) is 8.34. The van der Waals surface area contributed by atoms with Crippen molar-refractivity contribution in [2.75, 3.05) is 0 Å². The molecule has 0 saturated heterocycles. The first kappa shape index (κ1) is 14.3. The SMILES string of the molecule is O=C(O)CC(Oc1ccccc1CO)C(F)(F)F. The van der Waals surface area contributed by atoms with Crippen molar-refractivity contribution in [2.24, 2.45) is 0 Å². The van der Waals surface area contributed by atoms with E-state index in [1.165, 1.54) is 24.3 Å². The van der Waals surface area contributed by atoms with Crippen molar-refractivity contribution in [3.05, 3.63) is 29.8 Å². The van der Waals surface area contributed by atoms with Crippen molar-refractivity contribution in [2.45, 2.75) is 25.3 Å². The molecule has 0 amide bonds. The molecule has 0 radical (unpaired) electrons. The molecule has 0 aromatic heterocycles. The Morgan fingerprint density at radius 3 is 2.44 bits per heavy atom. The predicted octanol–water partition coefficient (Wildman–Crippen LogP) is 1.96. The monoisotopic (exact) mass is 264 g/mol. The number of carboxylic acids is 1. The van der Waals surface area contributed by atoms with Gasteiger partial charge in [0, 0.05) is 5.56 Å². The number of rotatable bonds is 5. The van der Waals surface area contributed by atoms with Gasteiger partial charge < -0.3 is 14.9 Å². The number of aliphatic hydroxyl groups excluding tert-OH is 1. The summed E-state index contributed by atoms with van der Waals surface area (Å²) in [5, 5.41) is 17.4. The van der Waals surface area contributed by atoms with E-state index in [0.717, 1.165) is 0 Å². The van der Waals surface area contributed by atoms with Crippen LogP contribution in [0.1, 0.15) is 12.0 Å². The average Bonchev–Trinajstić information content (AvgIpc) is 2.27. The molecule has 18 heavy (non-hydrogen) atoms. The highest BCUT2D eigenvalue weighted by Gasteiger charge is 2.43. The molecule has 0 aliphatic rings. The van der Waals surface area contributed by atoms with Crippen LogP contribution in [-0.2, 0) is 11.4 Å². The Balaban J connectivity index is 2.92. The molecule has 1 aromatic rings. The minimum atomic E-state index is -4.79. The molecule has 0 saturated carbocycles. The second kappa shape index (κ2) is 5.72. The molecule has 1 unspecified atom stereocenters. The number of hydrogen-bond acceptors (Lipinski definition) is 3. The number of aliphatic carboxylic acids is 1. The minimum absolute atomic E-state index is 0.164. The number of hydrogen-bond donors (Lipinski definition) is 2. The Labute approximate surface area is 101 Å². The third-order valence-electron chi connectivity index (χ3n) is 2.14. The maximum absolute atomic E-state index is 12.6. The summed E-state index contributed by atoms with van der Waals surface area (Å²) in [5.41, 5.74) is 0.164. The van der Waals surface area contributed by atoms with Crippen LogP contribution in [-0.4, -0.2) is 28.5 Å². The number of halogens is 3. The molecule has 0 bridgehead atoms. The van der Waals surface area contributed by atoms with Gasteiger partial charge in [-0.1, -0.05) is 18.2 Å². The molecule has 0 fully saturated rings. The number of benzene rings is 1. The largest absolute Gasteiger partial charge is 0.481 e. The highest BCUT2D eigenvalue weighted by atomic mass is 19.4. The standard InChI is InChI=1S/C11H11F3O4/c12-11(13,14)9(5-10(16)17)18-8-4-2-1-3-7(8)6-15/h1-4,9,15H,5-6H2,(H,16,17). The lowest BCUT2D eigenvalue weighted by atomic mass is 10.2. The summed E-state index contributed by atoms with van der Waals surface area (Å²) in [4.78, 5) is 10.4. The third kappa shape index (κ3) is 3.92. The van der Waals surface area contributed by atoms with Gasteiger partial charge in [-0.2, -0.15) is 13.2 Å². The first-order valence-corrected chi connectivity index (χ1v) is 4.98. The quantitative estimate of drug-likeness (QED) is 0.853. The van der Waals surface area contributed by atoms with Gasteiger partial charge >= 0.3 is 12.1 Å². The van der Waals surface area contributed by atoms with Gasteiger partial charge in [-0.15, -0.1) is 0 Å². The van der Waals surface area contributed by atoms with Crippen molar-refractivity contribution in [3.63, 3.8) is 0 Å². The molecule has 100 valence electrons. The molecular formula is C11H11F3O4. The molecule has 2 N–H and O–H groups in total. The number of carbonyl (C=O) groups is 1. The third-order valence-corrected chi connectivity index (χ3v) is 2.14. The van der Waals surface area contributed by atoms with Crippen LogP contribution in [0.3, 0.4) is 0 Å². The lowest BCUT2D eigenvalue weighted by molar-refractivity contribution is -0.200. The fraction of sp³-hybridized carbons (Fsp3) is 0.364. The molecule has 1 rings (SSSR count). The Hall–Kier alpha value is -1.76. The summed E-state index contributed by atoms with van der Waals surface area (Å²) < 4.78 is 42.3. The fourth-order valence-electron chi connectivity index (χ4n) is 1.29. The highest BCUT2D eigenvalue weighted by molar-refractivity contribution is 5.67. The number of para-hydroxylation sites is 1. The molecule has 7 heteroatoms. The van der Waals surface area contributed by atoms with E-state index in [0.29, 0.717) is 0 Å². The summed E-state index contributed by atoms with van der Waals surface area (Å²) in [6.07, 6.45) is -8.42. The zero-order valence-corrected chi connectivity index (χ0v) is 9.15. The van der Waals surface area contributed by atoms with Crippen LogP contribution in [0, 0.1) is 0 Å². The van der Waals surface area contributed by atoms with Gasteiger partial charge in [0.2, 0.25) is 6.10 Å². The maximum atomic E-state index is 12.6. The van der Waals surface area contributed by atoms with Gasteiger partial charge in [-0.25, -0.2) is 0 Å². The van der Waals surface area contributed by atoms with Crippen molar-refractivity contribution in [3.8, 4) is 5.75 Å². The van der Waals surface area contributed by atoms with E-state index < -0.39 is 31.3 Å². The summed E-state index contributed by atoms with van der Waals surface area (Å²) in [6.45, 7) is -0.492. The van der Waals surface area contributed by atoms with E-state index in [-0.39, 0.29) is 11.3 Å². The number of aliphatic hydroxyl groups is 1. The maximum Gasteiger partial charge on any atom is 0.426 e. The van der Waals surface area contributed by atoms with Gasteiger partial charge in [0.25, 0.3) is 0 Å². The van der Waals surface area contributed by atoms with Crippen molar-refractivity contribution in [1.82, 2.24) is 0 Å². The lowest BCUT2D eigenvalue weighted by Gasteiger charge is -2.21. The highest BCUT2D eigenvalue weighted by Crippen LogP contribution is 2.29. The van der Waals surface area contributed by atoms with E-state index in [4.69, 9.17) is 10.2 Å². The van der Waals surface area contributed by atoms with Crippen LogP contribution in [0.15, 0.2) is 24.3 Å². The molecule has 0 spiro atoms. The Morgan fingerprint density at radius 2 is 1.94 bits per heavy atom. The Bertz CT molecular complexity index is 417. The summed E-state index contributed by atoms with van der Waals surface area (Å²) in [6, 6.07) is 5.59. The van der Waals surface area contributed by atoms with Gasteiger partial charge in [0.05, 0.1) is 13.0 Å². The smallest absolute Gasteiger partial charge is 0.426 e. The average molecular weight is 264 g/mol. The van der Waals surface area contributed by atoms with Gasteiger partial charge in [-0.05, 0) is 6.07 Å². The topological polar surface area (TPSA) is 66.8 Å². The zero-order valence-electron chi connectivity index (χ0n) is 9.15. The van der Waals surface area contributed by atoms with Crippen LogP contribution < -0.4 is 4.74 Å². The van der Waals surface area contributed by atoms with Crippen molar-refractivity contribution < 1.29 is 32.9 Å². The second-order valence-corrected chi connectivity index (χ2v) is 3.51. The lowest BCUT2D eigenvalue weighted by Crippen LogP contribution is -2.36. The number of ether oxygens (including phenoxy) is 1. The molecular weight excluding hydrogens is 253 g/mol. The van der Waals surface area contributed by atoms with Gasteiger partial charge in [-0.3, -0.25) is 4.79 Å². The van der Waals surface area contributed by atoms with Gasteiger partial charge in [0.15, 0.2) is 0 Å². The van der Waals surface area contributed by atoms with Gasteiger partial charge in [0.1, 0.15) is 5.75 Å². The summed E-state index contributed by atoms with van der Waals surface area (Å²) >= 11 is 0. The van der Waals surface area contributed by atoms with Crippen LogP contribution in [0.2, 0.25) is 0 Å². The molecule has 1 atom stereocenters. The summed E-state index contributed by atoms with van der Waals surface area (Å²) in [5.74, 6) is -1.79. The van der Waals surface area contributed by atoms with E-state index >= 15 is 0 Å². The second-order valence-electron chi connectivity index (χ2n) is 3.51. The molecule has 4 nitrogen and oxygen atoms in total. The Kier molecular flexibility index (Phi) is 4.55. The van der Waals surface area contributed by atoms with Crippen LogP contribution >= 0.6 is 0 Å². The molecule has 0 aliphatic heterocycles. The normalized spacial score (nSPS) is 13.1. The van der Waals surface area contributed by atoms with E-state index in [9.17, 15) is 18.0 Å². The van der Waals surface area contributed by atoms with Crippen LogP contribution in [0.4, 0.5) is 13.2 Å². The van der Waals surface area contributed by atoms with Crippen molar-refractivity contribution >= 4 is 5.97 Å². The fourth-order valence-corrected chi connectivity index (χ4v) is 1.29. The van der Waals surface area contributed by atoms with Crippen LogP contribution in [0.5, 0.6) is 5.75 Å². The van der Waals surface area contributed by atoms with E-state index in [1.54, 1.807) is 0 Å². The first-order valence-electron chi connectivity index (χ1n) is 4.98. The van der Waals surface area contributed by atoms with E-state index in [1.807, 2.05) is 0 Å². The predicted molar refractivity (Wildman–Crippen MR) is 55.1 cm³/mol. The van der Waals surface area contributed by atoms with Crippen LogP contribution in [0.25, 0.3) is 0 Å². The molecule has 0 heterocycles. The summed E-state index contributed by atoms with van der Waals surface area (Å²) in [7, 11) is 0. The zero-order chi connectivity index (χ0) is 13.8. The van der Waals surface area contributed by atoms with E-state index in [2.05, 4.69) is 4.74 Å².